The van der Waals surface area contributed by atoms with E-state index in [0.717, 1.165) is 0 Å². The summed E-state index contributed by atoms with van der Waals surface area (Å²) in [5.41, 5.74) is 0.111. The van der Waals surface area contributed by atoms with Crippen LogP contribution in [-0.2, 0) is 19.4 Å². The molecule has 2 rings (SSSR count). The first-order valence-corrected chi connectivity index (χ1v) is 11.4. The minimum absolute atomic E-state index is 0.0347. The molecule has 0 fully saturated rings. The van der Waals surface area contributed by atoms with E-state index in [2.05, 4.69) is 37.2 Å². The van der Waals surface area contributed by atoms with Crippen molar-refractivity contribution < 1.29 is 22.7 Å². The van der Waals surface area contributed by atoms with Gasteiger partial charge in [0.1, 0.15) is 6.54 Å². The summed E-state index contributed by atoms with van der Waals surface area (Å²) in [5, 5.41) is 2.44. The molecule has 0 saturated heterocycles. The molecular formula is C19H19Br2NO5S. The van der Waals surface area contributed by atoms with Crippen molar-refractivity contribution in [1.29, 1.82) is 0 Å². The van der Waals surface area contributed by atoms with Gasteiger partial charge >= 0.3 is 5.97 Å². The van der Waals surface area contributed by atoms with E-state index in [-0.39, 0.29) is 34.4 Å². The molecular weight excluding hydrogens is 514 g/mol. The van der Waals surface area contributed by atoms with Gasteiger partial charge in [-0.05, 0) is 42.3 Å². The van der Waals surface area contributed by atoms with E-state index in [1.807, 2.05) is 13.8 Å². The van der Waals surface area contributed by atoms with Crippen LogP contribution in [0.1, 0.15) is 24.2 Å². The highest BCUT2D eigenvalue weighted by molar-refractivity contribution is 9.10. The second kappa shape index (κ2) is 9.67. The minimum atomic E-state index is -3.82. The topological polar surface area (TPSA) is 89.5 Å². The number of rotatable bonds is 7. The van der Waals surface area contributed by atoms with Gasteiger partial charge in [0, 0.05) is 14.5 Å². The summed E-state index contributed by atoms with van der Waals surface area (Å²) in [4.78, 5) is 24.1. The number of benzene rings is 2. The first kappa shape index (κ1) is 22.6. The van der Waals surface area contributed by atoms with Gasteiger partial charge in [-0.25, -0.2) is 8.42 Å². The Morgan fingerprint density at radius 1 is 1.04 bits per heavy atom. The van der Waals surface area contributed by atoms with Gasteiger partial charge in [-0.2, -0.15) is 0 Å². The molecule has 2 aromatic rings. The molecule has 0 aromatic heterocycles. The Morgan fingerprint density at radius 3 is 2.36 bits per heavy atom. The molecule has 0 aliphatic heterocycles. The summed E-state index contributed by atoms with van der Waals surface area (Å²) >= 11 is 6.49. The number of hydrogen-bond donors (Lipinski definition) is 1. The Kier molecular flexibility index (Phi) is 7.79. The zero-order valence-corrected chi connectivity index (χ0v) is 19.2. The van der Waals surface area contributed by atoms with Gasteiger partial charge < -0.3 is 10.1 Å². The van der Waals surface area contributed by atoms with E-state index in [4.69, 9.17) is 4.74 Å². The van der Waals surface area contributed by atoms with Crippen LogP contribution in [0.15, 0.2) is 61.2 Å². The van der Waals surface area contributed by atoms with Gasteiger partial charge in [-0.1, -0.05) is 51.8 Å². The Morgan fingerprint density at radius 2 is 1.71 bits per heavy atom. The minimum Gasteiger partial charge on any atom is -0.464 e. The molecule has 0 atom stereocenters. The highest BCUT2D eigenvalue weighted by Gasteiger charge is 2.21. The maximum Gasteiger partial charge on any atom is 0.325 e. The lowest BCUT2D eigenvalue weighted by atomic mass is 10.2. The fraction of sp³-hybridized carbons (Fsp3) is 0.263. The number of esters is 1. The van der Waals surface area contributed by atoms with Crippen molar-refractivity contribution >= 4 is 53.6 Å². The second-order valence-electron chi connectivity index (χ2n) is 6.40. The Hall–Kier alpha value is -1.71. The van der Waals surface area contributed by atoms with E-state index in [0.29, 0.717) is 8.95 Å². The van der Waals surface area contributed by atoms with Crippen molar-refractivity contribution in [1.82, 2.24) is 5.32 Å². The van der Waals surface area contributed by atoms with E-state index in [1.165, 1.54) is 30.3 Å². The number of hydrogen-bond acceptors (Lipinski definition) is 5. The summed E-state index contributed by atoms with van der Waals surface area (Å²) in [7, 11) is -3.82. The molecule has 0 aliphatic carbocycles. The van der Waals surface area contributed by atoms with E-state index < -0.39 is 21.7 Å². The maximum absolute atomic E-state index is 12.9. The third-order valence-corrected chi connectivity index (χ3v) is 6.20. The van der Waals surface area contributed by atoms with Crippen molar-refractivity contribution in [2.75, 3.05) is 13.2 Å². The van der Waals surface area contributed by atoms with E-state index in [9.17, 15) is 18.0 Å². The smallest absolute Gasteiger partial charge is 0.325 e. The molecule has 1 N–H and O–H groups in total. The van der Waals surface area contributed by atoms with Crippen molar-refractivity contribution in [3.8, 4) is 0 Å². The lowest BCUT2D eigenvalue weighted by Gasteiger charge is -2.10. The van der Waals surface area contributed by atoms with Crippen molar-refractivity contribution in [2.24, 2.45) is 5.92 Å². The van der Waals surface area contributed by atoms with Crippen LogP contribution in [0.4, 0.5) is 0 Å². The standard InChI is InChI=1S/C19H19Br2NO5S/c1-12(2)11-27-18(23)10-22-19(24)13-6-15(21)9-17(7-13)28(25,26)16-5-3-4-14(20)8-16/h3-9,12H,10-11H2,1-2H3,(H,22,24). The quantitative estimate of drug-likeness (QED) is 0.545. The number of ether oxygens (including phenoxy) is 1. The molecule has 0 saturated carbocycles. The summed E-state index contributed by atoms with van der Waals surface area (Å²) in [6, 6.07) is 10.5. The Bertz CT molecular complexity index is 990. The van der Waals surface area contributed by atoms with Gasteiger partial charge in [0.05, 0.1) is 16.4 Å². The van der Waals surface area contributed by atoms with Crippen LogP contribution in [0.25, 0.3) is 0 Å². The van der Waals surface area contributed by atoms with Crippen LogP contribution < -0.4 is 5.32 Å². The van der Waals surface area contributed by atoms with Gasteiger partial charge in [0.25, 0.3) is 5.91 Å². The van der Waals surface area contributed by atoms with Gasteiger partial charge in [-0.3, -0.25) is 9.59 Å². The Balaban J connectivity index is 2.21. The molecule has 0 aliphatic rings. The summed E-state index contributed by atoms with van der Waals surface area (Å²) in [5.74, 6) is -0.942. The van der Waals surface area contributed by atoms with E-state index in [1.54, 1.807) is 12.1 Å². The molecule has 0 spiro atoms. The van der Waals surface area contributed by atoms with Crippen molar-refractivity contribution in [3.05, 3.63) is 57.0 Å². The Labute approximate surface area is 180 Å². The molecule has 6 nitrogen and oxygen atoms in total. The van der Waals surface area contributed by atoms with Crippen LogP contribution in [-0.4, -0.2) is 33.4 Å². The third kappa shape index (κ3) is 6.15. The molecule has 0 radical (unpaired) electrons. The number of amides is 1. The average Bonchev–Trinajstić information content (AvgIpc) is 2.63. The monoisotopic (exact) mass is 531 g/mol. The van der Waals surface area contributed by atoms with Crippen LogP contribution in [0.2, 0.25) is 0 Å². The molecule has 0 unspecified atom stereocenters. The zero-order valence-electron chi connectivity index (χ0n) is 15.2. The van der Waals surface area contributed by atoms with Gasteiger partial charge in [0.2, 0.25) is 9.84 Å². The molecule has 0 bridgehead atoms. The number of halogens is 2. The van der Waals surface area contributed by atoms with Crippen LogP contribution in [0.3, 0.4) is 0 Å². The summed E-state index contributed by atoms with van der Waals surface area (Å²) in [6.45, 7) is 3.77. The predicted octanol–water partition coefficient (Wildman–Crippen LogP) is 3.97. The molecule has 2 aromatic carbocycles. The van der Waals surface area contributed by atoms with Gasteiger partial charge in [-0.15, -0.1) is 0 Å². The van der Waals surface area contributed by atoms with Crippen LogP contribution in [0, 0.1) is 5.92 Å². The molecule has 28 heavy (non-hydrogen) atoms. The highest BCUT2D eigenvalue weighted by atomic mass is 79.9. The SMILES string of the molecule is CC(C)COC(=O)CNC(=O)c1cc(Br)cc(S(=O)(=O)c2cccc(Br)c2)c1. The highest BCUT2D eigenvalue weighted by Crippen LogP contribution is 2.27. The molecule has 1 amide bonds. The molecule has 0 heterocycles. The number of carbonyl (C=O) groups is 2. The third-order valence-electron chi connectivity index (χ3n) is 3.52. The summed E-state index contributed by atoms with van der Waals surface area (Å²) in [6.07, 6.45) is 0. The van der Waals surface area contributed by atoms with E-state index >= 15 is 0 Å². The van der Waals surface area contributed by atoms with Crippen LogP contribution >= 0.6 is 31.9 Å². The number of nitrogens with one attached hydrogen (secondary N) is 1. The van der Waals surface area contributed by atoms with Crippen molar-refractivity contribution in [2.45, 2.75) is 23.6 Å². The number of carbonyl (C=O) groups excluding carboxylic acids is 2. The fourth-order valence-corrected chi connectivity index (χ4v) is 4.76. The average molecular weight is 533 g/mol. The normalized spacial score (nSPS) is 11.3. The largest absolute Gasteiger partial charge is 0.464 e. The predicted molar refractivity (Wildman–Crippen MR) is 112 cm³/mol. The van der Waals surface area contributed by atoms with Gasteiger partial charge in [0.15, 0.2) is 0 Å². The lowest BCUT2D eigenvalue weighted by Crippen LogP contribution is -2.31. The summed E-state index contributed by atoms with van der Waals surface area (Å²) < 4.78 is 31.8. The lowest BCUT2D eigenvalue weighted by molar-refractivity contribution is -0.143. The number of sulfone groups is 1. The first-order valence-electron chi connectivity index (χ1n) is 8.34. The fourth-order valence-electron chi connectivity index (χ4n) is 2.18. The van der Waals surface area contributed by atoms with Crippen molar-refractivity contribution in [3.63, 3.8) is 0 Å². The first-order chi connectivity index (χ1) is 13.1. The maximum atomic E-state index is 12.9. The molecule has 9 heteroatoms. The second-order valence-corrected chi connectivity index (χ2v) is 10.2. The zero-order chi connectivity index (χ0) is 20.9. The van der Waals surface area contributed by atoms with Crippen LogP contribution in [0.5, 0.6) is 0 Å². The molecule has 150 valence electrons.